The molecular formula is C28H31N5O5. The fourth-order valence-corrected chi connectivity index (χ4v) is 6.18. The molecule has 0 spiro atoms. The molecule has 5 rings (SSSR count). The van der Waals surface area contributed by atoms with Crippen LogP contribution in [-0.4, -0.2) is 60.6 Å². The van der Waals surface area contributed by atoms with E-state index in [1.165, 1.54) is 14.2 Å². The molecule has 38 heavy (non-hydrogen) atoms. The first-order chi connectivity index (χ1) is 18.3. The second-order valence-electron chi connectivity index (χ2n) is 9.74. The number of fused-ring (bicyclic) bond motifs is 3. The Morgan fingerprint density at radius 2 is 1.84 bits per heavy atom. The first-order valence-corrected chi connectivity index (χ1v) is 12.5. The summed E-state index contributed by atoms with van der Waals surface area (Å²) in [6, 6.07) is 18.3. The van der Waals surface area contributed by atoms with Gasteiger partial charge in [0.2, 0.25) is 11.8 Å². The molecule has 2 N–H and O–H groups in total. The quantitative estimate of drug-likeness (QED) is 0.259. The Balaban J connectivity index is 1.84. The molecule has 1 aliphatic heterocycles. The first kappa shape index (κ1) is 25.8. The van der Waals surface area contributed by atoms with Gasteiger partial charge >= 0.3 is 0 Å². The third-order valence-electron chi connectivity index (χ3n) is 7.92. The molecule has 1 aliphatic carbocycles. The van der Waals surface area contributed by atoms with E-state index in [4.69, 9.17) is 19.7 Å². The van der Waals surface area contributed by atoms with Crippen molar-refractivity contribution in [3.8, 4) is 17.5 Å². The summed E-state index contributed by atoms with van der Waals surface area (Å²) < 4.78 is 17.8. The van der Waals surface area contributed by atoms with Crippen LogP contribution in [0.4, 0.5) is 5.69 Å². The molecular weight excluding hydrogens is 486 g/mol. The second-order valence-corrected chi connectivity index (χ2v) is 9.74. The van der Waals surface area contributed by atoms with E-state index in [-0.39, 0.29) is 17.3 Å². The zero-order chi connectivity index (χ0) is 27.1. The van der Waals surface area contributed by atoms with Gasteiger partial charge in [-0.05, 0) is 30.3 Å². The highest BCUT2D eigenvalue weighted by Gasteiger charge is 2.77. The van der Waals surface area contributed by atoms with Crippen LogP contribution in [0.25, 0.3) is 10.4 Å². The fourth-order valence-electron chi connectivity index (χ4n) is 6.18. The summed E-state index contributed by atoms with van der Waals surface area (Å²) in [5, 5.41) is 28.7. The number of ether oxygens (including phenoxy) is 3. The number of hydrogen-bond donors (Lipinski definition) is 2. The van der Waals surface area contributed by atoms with Gasteiger partial charge in [-0.3, -0.25) is 0 Å². The number of nitrogens with zero attached hydrogens (tertiary/aromatic N) is 5. The summed E-state index contributed by atoms with van der Waals surface area (Å²) >= 11 is 0. The molecule has 5 atom stereocenters. The van der Waals surface area contributed by atoms with Crippen molar-refractivity contribution < 1.29 is 24.4 Å². The number of aliphatic hydroxyl groups is 2. The van der Waals surface area contributed by atoms with E-state index in [0.29, 0.717) is 23.5 Å². The lowest BCUT2D eigenvalue weighted by molar-refractivity contribution is -0.152. The SMILES string of the molecule is CCN(C)C[C@H]1[C@@H](O)[C@@]2(O)c3c(cc(OC)nc3OC)O[C@@]2(c2ccc(N=[N+]=[N-])cc2)[C@@H]1c1ccccc1. The Hall–Kier alpha value is -3.82. The number of hydrogen-bond acceptors (Lipinski definition) is 8. The Bertz CT molecular complexity index is 1360. The topological polar surface area (TPSA) is 133 Å². The molecule has 1 saturated carbocycles. The summed E-state index contributed by atoms with van der Waals surface area (Å²) in [5.41, 5.74) is 7.72. The zero-order valence-corrected chi connectivity index (χ0v) is 21.8. The van der Waals surface area contributed by atoms with Gasteiger partial charge in [-0.2, -0.15) is 4.98 Å². The number of aromatic nitrogens is 1. The molecule has 10 heteroatoms. The lowest BCUT2D eigenvalue weighted by Gasteiger charge is -2.41. The van der Waals surface area contributed by atoms with E-state index < -0.39 is 29.1 Å². The summed E-state index contributed by atoms with van der Waals surface area (Å²) in [7, 11) is 4.93. The summed E-state index contributed by atoms with van der Waals surface area (Å²) in [6.45, 7) is 3.31. The third kappa shape index (κ3) is 3.60. The predicted molar refractivity (Wildman–Crippen MR) is 141 cm³/mol. The maximum atomic E-state index is 12.9. The molecule has 0 unspecified atom stereocenters. The molecule has 0 amide bonds. The van der Waals surface area contributed by atoms with Crippen LogP contribution in [0.2, 0.25) is 0 Å². The number of azide groups is 1. The van der Waals surface area contributed by atoms with Crippen LogP contribution in [0.5, 0.6) is 17.5 Å². The van der Waals surface area contributed by atoms with Crippen LogP contribution < -0.4 is 14.2 Å². The monoisotopic (exact) mass is 517 g/mol. The minimum atomic E-state index is -1.94. The van der Waals surface area contributed by atoms with Crippen LogP contribution in [0.15, 0.2) is 65.8 Å². The van der Waals surface area contributed by atoms with E-state index >= 15 is 0 Å². The van der Waals surface area contributed by atoms with Crippen LogP contribution in [0.3, 0.4) is 0 Å². The molecule has 10 nitrogen and oxygen atoms in total. The lowest BCUT2D eigenvalue weighted by Crippen LogP contribution is -2.52. The normalized spacial score (nSPS) is 27.3. The van der Waals surface area contributed by atoms with Crippen molar-refractivity contribution in [2.45, 2.75) is 30.1 Å². The van der Waals surface area contributed by atoms with Gasteiger partial charge in [0.1, 0.15) is 5.75 Å². The van der Waals surface area contributed by atoms with E-state index in [0.717, 1.165) is 12.1 Å². The Labute approximate surface area is 221 Å². The molecule has 3 aromatic rings. The molecule has 0 saturated heterocycles. The van der Waals surface area contributed by atoms with Gasteiger partial charge in [-0.25, -0.2) is 0 Å². The minimum Gasteiger partial charge on any atom is -0.481 e. The average Bonchev–Trinajstić information content (AvgIpc) is 3.31. The minimum absolute atomic E-state index is 0.116. The van der Waals surface area contributed by atoms with Gasteiger partial charge in [0.05, 0.1) is 25.9 Å². The number of benzene rings is 2. The summed E-state index contributed by atoms with van der Waals surface area (Å²) in [6.07, 6.45) is -1.25. The molecule has 0 bridgehead atoms. The predicted octanol–water partition coefficient (Wildman–Crippen LogP) is 4.24. The van der Waals surface area contributed by atoms with Gasteiger partial charge in [0, 0.05) is 35.0 Å². The van der Waals surface area contributed by atoms with Crippen LogP contribution in [0, 0.1) is 5.92 Å². The highest BCUT2D eigenvalue weighted by atomic mass is 16.5. The molecule has 0 radical (unpaired) electrons. The zero-order valence-electron chi connectivity index (χ0n) is 21.8. The van der Waals surface area contributed by atoms with Crippen molar-refractivity contribution in [3.63, 3.8) is 0 Å². The largest absolute Gasteiger partial charge is 0.481 e. The highest BCUT2D eigenvalue weighted by molar-refractivity contribution is 5.60. The number of aliphatic hydroxyl groups excluding tert-OH is 1. The highest BCUT2D eigenvalue weighted by Crippen LogP contribution is 2.70. The van der Waals surface area contributed by atoms with Crippen molar-refractivity contribution in [1.29, 1.82) is 0 Å². The van der Waals surface area contributed by atoms with Crippen molar-refractivity contribution >= 4 is 5.69 Å². The van der Waals surface area contributed by atoms with Crippen LogP contribution >= 0.6 is 0 Å². The van der Waals surface area contributed by atoms with Crippen molar-refractivity contribution in [2.75, 3.05) is 34.4 Å². The van der Waals surface area contributed by atoms with Crippen molar-refractivity contribution in [3.05, 3.63) is 87.8 Å². The van der Waals surface area contributed by atoms with E-state index in [9.17, 15) is 10.2 Å². The molecule has 198 valence electrons. The maximum absolute atomic E-state index is 12.9. The Morgan fingerprint density at radius 1 is 1.13 bits per heavy atom. The average molecular weight is 518 g/mol. The Morgan fingerprint density at radius 3 is 2.45 bits per heavy atom. The van der Waals surface area contributed by atoms with Gasteiger partial charge < -0.3 is 29.3 Å². The molecule has 2 heterocycles. The summed E-state index contributed by atoms with van der Waals surface area (Å²) in [5.74, 6) is -0.219. The van der Waals surface area contributed by atoms with E-state index in [2.05, 4.69) is 19.9 Å². The summed E-state index contributed by atoms with van der Waals surface area (Å²) in [4.78, 5) is 9.41. The van der Waals surface area contributed by atoms with E-state index in [1.54, 1.807) is 30.3 Å². The standard InChI is InChI=1S/C28H31N5O5/c1-5-33(2)16-20-23(17-9-7-6-8-10-17)28(18-11-13-19(14-12-18)31-32-29)27(35,25(20)34)24-21(38-28)15-22(36-3)30-26(24)37-4/h6-15,20,23,25,34-35H,5,16H2,1-4H3/t20-,23-,25-,27+,28+/m1/s1. The van der Waals surface area contributed by atoms with Gasteiger partial charge in [0.15, 0.2) is 11.2 Å². The lowest BCUT2D eigenvalue weighted by atomic mass is 9.70. The Kier molecular flexibility index (Phi) is 6.66. The van der Waals surface area contributed by atoms with Gasteiger partial charge in [0.25, 0.3) is 0 Å². The fraction of sp³-hybridized carbons (Fsp3) is 0.393. The molecule has 1 aromatic heterocycles. The second kappa shape index (κ2) is 9.81. The first-order valence-electron chi connectivity index (χ1n) is 12.5. The van der Waals surface area contributed by atoms with Crippen LogP contribution in [0.1, 0.15) is 29.5 Å². The third-order valence-corrected chi connectivity index (χ3v) is 7.92. The number of rotatable bonds is 8. The number of pyridine rings is 1. The van der Waals surface area contributed by atoms with Gasteiger partial charge in [-0.15, -0.1) is 0 Å². The van der Waals surface area contributed by atoms with E-state index in [1.807, 2.05) is 44.3 Å². The van der Waals surface area contributed by atoms with Crippen LogP contribution in [-0.2, 0) is 11.2 Å². The number of methoxy groups -OCH3 is 2. The maximum Gasteiger partial charge on any atom is 0.226 e. The molecule has 1 fully saturated rings. The van der Waals surface area contributed by atoms with Gasteiger partial charge in [-0.1, -0.05) is 66.6 Å². The van der Waals surface area contributed by atoms with Crippen molar-refractivity contribution in [1.82, 2.24) is 9.88 Å². The molecule has 2 aliphatic rings. The molecule has 2 aromatic carbocycles. The smallest absolute Gasteiger partial charge is 0.226 e. The van der Waals surface area contributed by atoms with Crippen molar-refractivity contribution in [2.24, 2.45) is 11.0 Å².